The molecule has 0 heterocycles. The fourth-order valence-corrected chi connectivity index (χ4v) is 0.235. The van der Waals surface area contributed by atoms with E-state index in [0.717, 1.165) is 0 Å². The lowest BCUT2D eigenvalue weighted by molar-refractivity contribution is -0.112. The number of rotatable bonds is 1. The Bertz CT molecular complexity index is 133. The predicted molar refractivity (Wildman–Crippen MR) is 36.1 cm³/mol. The molecule has 0 unspecified atom stereocenters. The van der Waals surface area contributed by atoms with E-state index in [-0.39, 0.29) is 5.78 Å². The van der Waals surface area contributed by atoms with E-state index >= 15 is 0 Å². The highest BCUT2D eigenvalue weighted by atomic mass is 16.6. The average Bonchev–Trinajstić information content (AvgIpc) is 1.62. The van der Waals surface area contributed by atoms with Crippen molar-refractivity contribution in [2.75, 3.05) is 0 Å². The van der Waals surface area contributed by atoms with E-state index in [2.05, 4.69) is 0 Å². The highest BCUT2D eigenvalue weighted by Crippen LogP contribution is 1.69. The molecule has 0 aliphatic carbocycles. The zero-order chi connectivity index (χ0) is 8.57. The zero-order valence-corrected chi connectivity index (χ0v) is 5.87. The molecule has 0 aliphatic heterocycles. The molecule has 0 saturated heterocycles. The number of hydrogen-bond acceptors (Lipinski definition) is 2. The topological polar surface area (TPSA) is 74.6 Å². The molecule has 0 aromatic heterocycles. The number of carbonyl (C=O) groups excluding carboxylic acids is 1. The fourth-order valence-electron chi connectivity index (χ4n) is 0.235. The molecule has 0 saturated carbocycles. The predicted octanol–water partition coefficient (Wildman–Crippen LogP) is 1.37. The summed E-state index contributed by atoms with van der Waals surface area (Å²) in [5, 5.41) is 13.9. The minimum absolute atomic E-state index is 0.109. The largest absolute Gasteiger partial charge is 0.503 e. The van der Waals surface area contributed by atoms with Crippen LogP contribution in [0.1, 0.15) is 13.8 Å². The number of carboxylic acid groups (broad SMARTS) is 2. The highest BCUT2D eigenvalue weighted by molar-refractivity contribution is 5.87. The molecule has 0 aromatic carbocycles. The van der Waals surface area contributed by atoms with Gasteiger partial charge in [-0.15, -0.1) is 0 Å². The van der Waals surface area contributed by atoms with Crippen molar-refractivity contribution < 1.29 is 19.8 Å². The second-order valence-electron chi connectivity index (χ2n) is 1.39. The summed E-state index contributed by atoms with van der Waals surface area (Å²) in [5.74, 6) is 0.109. The van der Waals surface area contributed by atoms with Gasteiger partial charge in [-0.1, -0.05) is 6.08 Å². The molecule has 4 nitrogen and oxygen atoms in total. The Balaban J connectivity index is 0. The van der Waals surface area contributed by atoms with Crippen LogP contribution in [0.5, 0.6) is 0 Å². The first-order valence-corrected chi connectivity index (χ1v) is 2.55. The van der Waals surface area contributed by atoms with Crippen LogP contribution in [0, 0.1) is 0 Å². The molecule has 0 fully saturated rings. The summed E-state index contributed by atoms with van der Waals surface area (Å²) in [7, 11) is 0. The van der Waals surface area contributed by atoms with E-state index in [4.69, 9.17) is 15.0 Å². The molecular weight excluding hydrogens is 136 g/mol. The summed E-state index contributed by atoms with van der Waals surface area (Å²) in [5.41, 5.74) is 0. The van der Waals surface area contributed by atoms with Gasteiger partial charge in [0.2, 0.25) is 0 Å². The van der Waals surface area contributed by atoms with Gasteiger partial charge >= 0.3 is 6.16 Å². The number of ketones is 1. The molecular formula is C6H10O4. The van der Waals surface area contributed by atoms with Crippen molar-refractivity contribution in [2.24, 2.45) is 0 Å². The van der Waals surface area contributed by atoms with Crippen LogP contribution < -0.4 is 0 Å². The standard InChI is InChI=1S/C5H8O.CH2O3/c1-3-4-5(2)6;2-1(3)4/h3-4H,1-2H3;(H2,2,3,4). The minimum Gasteiger partial charge on any atom is -0.450 e. The van der Waals surface area contributed by atoms with Crippen molar-refractivity contribution >= 4 is 11.9 Å². The molecule has 10 heavy (non-hydrogen) atoms. The van der Waals surface area contributed by atoms with Crippen LogP contribution in [0.4, 0.5) is 4.79 Å². The van der Waals surface area contributed by atoms with E-state index < -0.39 is 6.16 Å². The molecule has 2 N–H and O–H groups in total. The summed E-state index contributed by atoms with van der Waals surface area (Å²) in [6.07, 6.45) is 1.42. The lowest BCUT2D eigenvalue weighted by Crippen LogP contribution is -1.81. The van der Waals surface area contributed by atoms with E-state index in [1.165, 1.54) is 13.0 Å². The Labute approximate surface area is 58.8 Å². The SMILES string of the molecule is CC=CC(C)=O.O=C(O)O. The van der Waals surface area contributed by atoms with Crippen molar-refractivity contribution in [2.45, 2.75) is 13.8 Å². The van der Waals surface area contributed by atoms with Crippen molar-refractivity contribution in [3.63, 3.8) is 0 Å². The maximum absolute atomic E-state index is 9.96. The summed E-state index contributed by atoms with van der Waals surface area (Å²) in [4.78, 5) is 18.5. The molecule has 0 aromatic rings. The van der Waals surface area contributed by atoms with Gasteiger partial charge in [0.05, 0.1) is 0 Å². The van der Waals surface area contributed by atoms with Gasteiger partial charge in [0.25, 0.3) is 0 Å². The lowest BCUT2D eigenvalue weighted by Gasteiger charge is -1.68. The summed E-state index contributed by atoms with van der Waals surface area (Å²) < 4.78 is 0. The number of hydrogen-bond donors (Lipinski definition) is 2. The average molecular weight is 146 g/mol. The Kier molecular flexibility index (Phi) is 8.81. The molecule has 0 atom stereocenters. The molecule has 0 rings (SSSR count). The first-order valence-electron chi connectivity index (χ1n) is 2.55. The van der Waals surface area contributed by atoms with Gasteiger partial charge in [-0.05, 0) is 19.9 Å². The van der Waals surface area contributed by atoms with Crippen molar-refractivity contribution in [3.8, 4) is 0 Å². The van der Waals surface area contributed by atoms with E-state index in [0.29, 0.717) is 0 Å². The molecule has 0 amide bonds. The van der Waals surface area contributed by atoms with Crippen molar-refractivity contribution in [1.29, 1.82) is 0 Å². The molecule has 0 bridgehead atoms. The maximum Gasteiger partial charge on any atom is 0.503 e. The van der Waals surface area contributed by atoms with Crippen LogP contribution in [0.15, 0.2) is 12.2 Å². The lowest BCUT2D eigenvalue weighted by atomic mass is 10.4. The molecule has 0 aliphatic rings. The highest BCUT2D eigenvalue weighted by Gasteiger charge is 1.73. The van der Waals surface area contributed by atoms with Crippen LogP contribution in [-0.2, 0) is 4.79 Å². The second kappa shape index (κ2) is 7.68. The van der Waals surface area contributed by atoms with Crippen LogP contribution in [0.2, 0.25) is 0 Å². The van der Waals surface area contributed by atoms with Crippen LogP contribution in [0.25, 0.3) is 0 Å². The van der Waals surface area contributed by atoms with Gasteiger partial charge in [-0.2, -0.15) is 0 Å². The van der Waals surface area contributed by atoms with Gasteiger partial charge < -0.3 is 10.2 Å². The van der Waals surface area contributed by atoms with E-state index in [1.54, 1.807) is 6.08 Å². The van der Waals surface area contributed by atoms with E-state index in [1.807, 2.05) is 6.92 Å². The number of allylic oxidation sites excluding steroid dienone is 2. The first-order chi connectivity index (χ1) is 4.50. The van der Waals surface area contributed by atoms with Crippen LogP contribution in [-0.4, -0.2) is 22.2 Å². The summed E-state index contributed by atoms with van der Waals surface area (Å²) >= 11 is 0. The zero-order valence-electron chi connectivity index (χ0n) is 5.87. The van der Waals surface area contributed by atoms with Crippen molar-refractivity contribution in [3.05, 3.63) is 12.2 Å². The molecule has 0 spiro atoms. The smallest absolute Gasteiger partial charge is 0.450 e. The van der Waals surface area contributed by atoms with Gasteiger partial charge in [0, 0.05) is 0 Å². The summed E-state index contributed by atoms with van der Waals surface area (Å²) in [6, 6.07) is 0. The molecule has 4 heteroatoms. The van der Waals surface area contributed by atoms with Crippen LogP contribution >= 0.6 is 0 Å². The Hall–Kier alpha value is -1.32. The van der Waals surface area contributed by atoms with Gasteiger partial charge in [0.1, 0.15) is 0 Å². The van der Waals surface area contributed by atoms with Gasteiger partial charge in [-0.3, -0.25) is 4.79 Å². The monoisotopic (exact) mass is 146 g/mol. The molecule has 0 radical (unpaired) electrons. The molecule has 58 valence electrons. The third kappa shape index (κ3) is 76.4. The van der Waals surface area contributed by atoms with Crippen LogP contribution in [0.3, 0.4) is 0 Å². The van der Waals surface area contributed by atoms with Gasteiger partial charge in [-0.25, -0.2) is 4.79 Å². The quantitative estimate of drug-likeness (QED) is 0.548. The minimum atomic E-state index is -1.83. The Morgan fingerprint density at radius 3 is 1.60 bits per heavy atom. The summed E-state index contributed by atoms with van der Waals surface area (Å²) in [6.45, 7) is 3.35. The van der Waals surface area contributed by atoms with Crippen molar-refractivity contribution in [1.82, 2.24) is 0 Å². The maximum atomic E-state index is 9.96. The second-order valence-corrected chi connectivity index (χ2v) is 1.39. The van der Waals surface area contributed by atoms with Gasteiger partial charge in [0.15, 0.2) is 5.78 Å². The fraction of sp³-hybridized carbons (Fsp3) is 0.333. The third-order valence-electron chi connectivity index (χ3n) is 0.401. The number of carbonyl (C=O) groups is 2. The Morgan fingerprint density at radius 2 is 1.60 bits per heavy atom. The first kappa shape index (κ1) is 11.5. The third-order valence-corrected chi connectivity index (χ3v) is 0.401. The normalized spacial score (nSPS) is 8.20. The Morgan fingerprint density at radius 1 is 1.30 bits per heavy atom. The van der Waals surface area contributed by atoms with E-state index in [9.17, 15) is 4.79 Å².